The molecule has 0 aliphatic carbocycles. The number of nitrogens with two attached hydrogens (primary N) is 1. The predicted octanol–water partition coefficient (Wildman–Crippen LogP) is 0.543. The number of imide groups is 2. The topological polar surface area (TPSA) is 113 Å². The van der Waals surface area contributed by atoms with Crippen LogP contribution in [-0.4, -0.2) is 57.6 Å². The number of fused-ring (bicyclic) bond motifs is 3. The molecule has 5 rings (SSSR count). The minimum Gasteiger partial charge on any atom is -0.329 e. The van der Waals surface area contributed by atoms with E-state index < -0.39 is 23.8 Å². The lowest BCUT2D eigenvalue weighted by Gasteiger charge is -2.34. The van der Waals surface area contributed by atoms with Gasteiger partial charge in [-0.2, -0.15) is 0 Å². The number of hydrogen-bond acceptors (Lipinski definition) is 6. The molecule has 1 atom stereocenters. The molecule has 3 N–H and O–H groups in total. The van der Waals surface area contributed by atoms with Crippen LogP contribution in [0.1, 0.15) is 64.8 Å². The van der Waals surface area contributed by atoms with Gasteiger partial charge in [0.25, 0.3) is 11.8 Å². The molecule has 8 heteroatoms. The van der Waals surface area contributed by atoms with Crippen molar-refractivity contribution in [3.8, 4) is 0 Å². The molecule has 4 aliphatic heterocycles. The monoisotopic (exact) mass is 396 g/mol. The van der Waals surface area contributed by atoms with Crippen molar-refractivity contribution in [1.29, 1.82) is 0 Å². The summed E-state index contributed by atoms with van der Waals surface area (Å²) in [6, 6.07) is 4.85. The Morgan fingerprint density at radius 3 is 2.52 bits per heavy atom. The Balaban J connectivity index is 1.47. The molecule has 3 saturated heterocycles. The Bertz CT molecular complexity index is 935. The fourth-order valence-electron chi connectivity index (χ4n) is 5.64. The quantitative estimate of drug-likeness (QED) is 0.719. The van der Waals surface area contributed by atoms with E-state index in [1.165, 1.54) is 0 Å². The summed E-state index contributed by atoms with van der Waals surface area (Å²) in [5.41, 5.74) is 7.64. The maximum absolute atomic E-state index is 13.3. The maximum atomic E-state index is 13.3. The Labute approximate surface area is 168 Å². The highest BCUT2D eigenvalue weighted by Gasteiger charge is 2.51. The first-order chi connectivity index (χ1) is 13.9. The van der Waals surface area contributed by atoms with Gasteiger partial charge in [0.15, 0.2) is 0 Å². The largest absolute Gasteiger partial charge is 0.329 e. The summed E-state index contributed by atoms with van der Waals surface area (Å²) in [6.45, 7) is 1.17. The molecule has 1 aromatic carbocycles. The van der Waals surface area contributed by atoms with Crippen LogP contribution in [0, 0.1) is 0 Å². The van der Waals surface area contributed by atoms with Gasteiger partial charge in [-0.25, -0.2) is 0 Å². The van der Waals surface area contributed by atoms with E-state index in [4.69, 9.17) is 5.73 Å². The van der Waals surface area contributed by atoms with Gasteiger partial charge < -0.3 is 5.73 Å². The SMILES string of the molecule is NCC12CCC(CC1)N2Cc1cccc2c1C(=O)N(C1CCC(=O)NC1=O)C2=O. The van der Waals surface area contributed by atoms with Crippen molar-refractivity contribution in [2.24, 2.45) is 5.73 Å². The van der Waals surface area contributed by atoms with Crippen LogP contribution >= 0.6 is 0 Å². The van der Waals surface area contributed by atoms with Crippen LogP contribution in [0.2, 0.25) is 0 Å². The molecule has 2 bridgehead atoms. The number of nitrogens with zero attached hydrogens (tertiary/aromatic N) is 2. The van der Waals surface area contributed by atoms with Gasteiger partial charge in [-0.3, -0.25) is 34.3 Å². The zero-order chi connectivity index (χ0) is 20.3. The minimum atomic E-state index is -0.939. The summed E-state index contributed by atoms with van der Waals surface area (Å²) in [7, 11) is 0. The van der Waals surface area contributed by atoms with E-state index in [9.17, 15) is 19.2 Å². The van der Waals surface area contributed by atoms with Crippen LogP contribution in [-0.2, 0) is 16.1 Å². The van der Waals surface area contributed by atoms with Crippen LogP contribution in [0.25, 0.3) is 0 Å². The van der Waals surface area contributed by atoms with Crippen molar-refractivity contribution in [3.05, 3.63) is 34.9 Å². The van der Waals surface area contributed by atoms with Gasteiger partial charge in [0.1, 0.15) is 6.04 Å². The van der Waals surface area contributed by atoms with Crippen LogP contribution < -0.4 is 11.1 Å². The molecule has 1 aromatic rings. The van der Waals surface area contributed by atoms with E-state index in [0.29, 0.717) is 30.3 Å². The lowest BCUT2D eigenvalue weighted by atomic mass is 9.88. The molecule has 3 fully saturated rings. The first-order valence-electron chi connectivity index (χ1n) is 10.3. The Hall–Kier alpha value is -2.58. The van der Waals surface area contributed by atoms with Crippen molar-refractivity contribution in [2.45, 2.75) is 62.7 Å². The number of nitrogens with one attached hydrogen (secondary N) is 1. The van der Waals surface area contributed by atoms with Gasteiger partial charge in [0, 0.05) is 31.1 Å². The average molecular weight is 396 g/mol. The number of carbonyl (C=O) groups is 4. The number of carbonyl (C=O) groups excluding carboxylic acids is 4. The van der Waals surface area contributed by atoms with Crippen LogP contribution in [0.5, 0.6) is 0 Å². The highest BCUT2D eigenvalue weighted by atomic mass is 16.2. The molecule has 0 aromatic heterocycles. The van der Waals surface area contributed by atoms with Crippen molar-refractivity contribution < 1.29 is 19.2 Å². The zero-order valence-corrected chi connectivity index (χ0v) is 16.1. The van der Waals surface area contributed by atoms with Crippen LogP contribution in [0.4, 0.5) is 0 Å². The summed E-state index contributed by atoms with van der Waals surface area (Å²) < 4.78 is 0. The standard InChI is InChI=1S/C21H24N4O4/c22-11-21-8-6-13(7-9-21)24(21)10-12-2-1-3-14-17(12)20(29)25(19(14)28)15-4-5-16(26)23-18(15)27/h1-3,13,15H,4-11,22H2,(H,23,26,27). The fourth-order valence-corrected chi connectivity index (χ4v) is 5.64. The summed E-state index contributed by atoms with van der Waals surface area (Å²) in [5.74, 6) is -1.86. The van der Waals surface area contributed by atoms with Gasteiger partial charge >= 0.3 is 0 Å². The van der Waals surface area contributed by atoms with Gasteiger partial charge in [0.05, 0.1) is 11.1 Å². The van der Waals surface area contributed by atoms with Crippen LogP contribution in [0.15, 0.2) is 18.2 Å². The molecule has 8 nitrogen and oxygen atoms in total. The van der Waals surface area contributed by atoms with E-state index in [1.807, 2.05) is 6.07 Å². The second-order valence-corrected chi connectivity index (χ2v) is 8.57. The zero-order valence-electron chi connectivity index (χ0n) is 16.1. The Kier molecular flexibility index (Phi) is 4.11. The molecule has 152 valence electrons. The summed E-state index contributed by atoms with van der Waals surface area (Å²) in [6.07, 6.45) is 4.64. The van der Waals surface area contributed by atoms with E-state index in [2.05, 4.69) is 10.2 Å². The van der Waals surface area contributed by atoms with E-state index in [0.717, 1.165) is 36.1 Å². The summed E-state index contributed by atoms with van der Waals surface area (Å²) >= 11 is 0. The number of hydrogen-bond donors (Lipinski definition) is 2. The van der Waals surface area contributed by atoms with Crippen molar-refractivity contribution in [1.82, 2.24) is 15.1 Å². The smallest absolute Gasteiger partial charge is 0.262 e. The van der Waals surface area contributed by atoms with Gasteiger partial charge in [0.2, 0.25) is 11.8 Å². The lowest BCUT2D eigenvalue weighted by molar-refractivity contribution is -0.136. The van der Waals surface area contributed by atoms with Crippen molar-refractivity contribution >= 4 is 23.6 Å². The minimum absolute atomic E-state index is 0.0116. The first kappa shape index (κ1) is 18.4. The van der Waals surface area contributed by atoms with Crippen molar-refractivity contribution in [2.75, 3.05) is 6.54 Å². The van der Waals surface area contributed by atoms with Gasteiger partial charge in [-0.05, 0) is 43.7 Å². The first-order valence-corrected chi connectivity index (χ1v) is 10.3. The highest BCUT2D eigenvalue weighted by Crippen LogP contribution is 2.47. The second kappa shape index (κ2) is 6.47. The highest BCUT2D eigenvalue weighted by molar-refractivity contribution is 6.24. The predicted molar refractivity (Wildman–Crippen MR) is 103 cm³/mol. The number of piperidine rings is 1. The Morgan fingerprint density at radius 2 is 1.83 bits per heavy atom. The average Bonchev–Trinajstić information content (AvgIpc) is 3.32. The third-order valence-corrected chi connectivity index (χ3v) is 7.21. The number of amides is 4. The van der Waals surface area contributed by atoms with E-state index >= 15 is 0 Å². The maximum Gasteiger partial charge on any atom is 0.262 e. The molecule has 1 unspecified atom stereocenters. The normalized spacial score (nSPS) is 31.6. The van der Waals surface area contributed by atoms with Gasteiger partial charge in [-0.15, -0.1) is 0 Å². The third-order valence-electron chi connectivity index (χ3n) is 7.21. The molecule has 0 spiro atoms. The summed E-state index contributed by atoms with van der Waals surface area (Å²) in [5, 5.41) is 2.23. The molecular formula is C21H24N4O4. The molecule has 29 heavy (non-hydrogen) atoms. The van der Waals surface area contributed by atoms with Crippen molar-refractivity contribution in [3.63, 3.8) is 0 Å². The van der Waals surface area contributed by atoms with Crippen LogP contribution in [0.3, 0.4) is 0 Å². The second-order valence-electron chi connectivity index (χ2n) is 8.57. The molecular weight excluding hydrogens is 372 g/mol. The van der Waals surface area contributed by atoms with E-state index in [1.54, 1.807) is 12.1 Å². The van der Waals surface area contributed by atoms with Gasteiger partial charge in [-0.1, -0.05) is 12.1 Å². The number of benzene rings is 1. The molecule has 0 saturated carbocycles. The molecule has 4 heterocycles. The molecule has 4 amide bonds. The summed E-state index contributed by atoms with van der Waals surface area (Å²) in [4.78, 5) is 53.4. The lowest BCUT2D eigenvalue weighted by Crippen LogP contribution is -2.54. The van der Waals surface area contributed by atoms with E-state index in [-0.39, 0.29) is 24.3 Å². The number of rotatable bonds is 4. The third kappa shape index (κ3) is 2.59. The molecule has 0 radical (unpaired) electrons. The Morgan fingerprint density at radius 1 is 1.07 bits per heavy atom. The molecule has 4 aliphatic rings. The fraction of sp³-hybridized carbons (Fsp3) is 0.524.